The number of hydrogen-bond donors (Lipinski definition) is 2. The summed E-state index contributed by atoms with van der Waals surface area (Å²) in [5.41, 5.74) is 1.82. The fraction of sp³-hybridized carbons (Fsp3) is 0.133. The first-order valence-electron chi connectivity index (χ1n) is 6.73. The van der Waals surface area contributed by atoms with Gasteiger partial charge in [-0.3, -0.25) is 4.79 Å². The van der Waals surface area contributed by atoms with Gasteiger partial charge in [-0.2, -0.15) is 0 Å². The van der Waals surface area contributed by atoms with Crippen molar-refractivity contribution in [1.82, 2.24) is 9.71 Å². The number of thiophene rings is 1. The smallest absolute Gasteiger partial charge is 0.252 e. The van der Waals surface area contributed by atoms with E-state index in [-0.39, 0.29) is 16.3 Å². The van der Waals surface area contributed by atoms with Gasteiger partial charge in [0.1, 0.15) is 4.21 Å². The Bertz CT molecular complexity index is 1040. The Hall–Kier alpha value is -1.67. The summed E-state index contributed by atoms with van der Waals surface area (Å²) in [4.78, 5) is 14.8. The molecule has 120 valence electrons. The van der Waals surface area contributed by atoms with Crippen molar-refractivity contribution in [2.45, 2.75) is 17.7 Å². The van der Waals surface area contributed by atoms with Crippen molar-refractivity contribution in [2.24, 2.45) is 0 Å². The maximum absolute atomic E-state index is 12.2. The zero-order valence-electron chi connectivity index (χ0n) is 12.1. The van der Waals surface area contributed by atoms with E-state index in [0.29, 0.717) is 9.90 Å². The number of aryl methyl sites for hydroxylation is 1. The van der Waals surface area contributed by atoms with Gasteiger partial charge in [-0.1, -0.05) is 23.2 Å². The highest BCUT2D eigenvalue weighted by Crippen LogP contribution is 2.25. The molecule has 2 aromatic heterocycles. The zero-order valence-corrected chi connectivity index (χ0v) is 14.5. The van der Waals surface area contributed by atoms with E-state index in [4.69, 9.17) is 11.6 Å². The Morgan fingerprint density at radius 2 is 2.00 bits per heavy atom. The van der Waals surface area contributed by atoms with Gasteiger partial charge in [-0.05, 0) is 42.6 Å². The molecule has 2 heterocycles. The first-order valence-corrected chi connectivity index (χ1v) is 9.40. The fourth-order valence-electron chi connectivity index (χ4n) is 2.19. The third kappa shape index (κ3) is 3.48. The van der Waals surface area contributed by atoms with E-state index in [9.17, 15) is 13.2 Å². The maximum atomic E-state index is 12.2. The highest BCUT2D eigenvalue weighted by Gasteiger charge is 2.17. The van der Waals surface area contributed by atoms with Crippen molar-refractivity contribution in [3.63, 3.8) is 0 Å². The van der Waals surface area contributed by atoms with E-state index >= 15 is 0 Å². The summed E-state index contributed by atoms with van der Waals surface area (Å²) in [5, 5.41) is 0.859. The molecule has 0 radical (unpaired) electrons. The molecule has 2 N–H and O–H groups in total. The molecular formula is C15H13ClN2O3S2. The van der Waals surface area contributed by atoms with Crippen molar-refractivity contribution in [2.75, 3.05) is 0 Å². The second-order valence-electron chi connectivity index (χ2n) is 5.10. The van der Waals surface area contributed by atoms with Gasteiger partial charge in [-0.25, -0.2) is 13.1 Å². The van der Waals surface area contributed by atoms with Crippen LogP contribution in [0.25, 0.3) is 10.9 Å². The van der Waals surface area contributed by atoms with Gasteiger partial charge >= 0.3 is 0 Å². The van der Waals surface area contributed by atoms with Crippen LogP contribution >= 0.6 is 22.9 Å². The number of aromatic amines is 1. The van der Waals surface area contributed by atoms with E-state index in [1.807, 2.05) is 25.1 Å². The molecule has 0 atom stereocenters. The van der Waals surface area contributed by atoms with Crippen LogP contribution in [-0.4, -0.2) is 13.4 Å². The van der Waals surface area contributed by atoms with Gasteiger partial charge in [0.25, 0.3) is 5.56 Å². The summed E-state index contributed by atoms with van der Waals surface area (Å²) < 4.78 is 27.3. The van der Waals surface area contributed by atoms with E-state index in [1.165, 1.54) is 12.1 Å². The van der Waals surface area contributed by atoms with Crippen molar-refractivity contribution in [3.8, 4) is 0 Å². The third-order valence-corrected chi connectivity index (χ3v) is 6.47. The summed E-state index contributed by atoms with van der Waals surface area (Å²) >= 11 is 6.73. The van der Waals surface area contributed by atoms with Crippen molar-refractivity contribution in [3.05, 3.63) is 62.2 Å². The highest BCUT2D eigenvalue weighted by atomic mass is 35.5. The van der Waals surface area contributed by atoms with Gasteiger partial charge in [0, 0.05) is 17.6 Å². The molecule has 23 heavy (non-hydrogen) atoms. The van der Waals surface area contributed by atoms with Crippen LogP contribution in [0.2, 0.25) is 4.34 Å². The molecule has 5 nitrogen and oxygen atoms in total. The van der Waals surface area contributed by atoms with E-state index in [2.05, 4.69) is 9.71 Å². The van der Waals surface area contributed by atoms with Crippen LogP contribution in [0.4, 0.5) is 0 Å². The predicted molar refractivity (Wildman–Crippen MR) is 92.7 cm³/mol. The number of aromatic nitrogens is 1. The van der Waals surface area contributed by atoms with Gasteiger partial charge in [0.15, 0.2) is 0 Å². The van der Waals surface area contributed by atoms with Crippen LogP contribution in [-0.2, 0) is 16.6 Å². The number of H-pyrrole nitrogens is 1. The highest BCUT2D eigenvalue weighted by molar-refractivity contribution is 7.91. The van der Waals surface area contributed by atoms with Gasteiger partial charge in [-0.15, -0.1) is 11.3 Å². The first kappa shape index (κ1) is 16.2. The van der Waals surface area contributed by atoms with E-state index in [0.717, 1.165) is 27.8 Å². The van der Waals surface area contributed by atoms with Crippen molar-refractivity contribution in [1.29, 1.82) is 0 Å². The molecule has 3 rings (SSSR count). The van der Waals surface area contributed by atoms with Crippen molar-refractivity contribution >= 4 is 43.9 Å². The number of hydrogen-bond acceptors (Lipinski definition) is 4. The summed E-state index contributed by atoms with van der Waals surface area (Å²) in [5.74, 6) is 0. The first-order chi connectivity index (χ1) is 10.8. The average molecular weight is 369 g/mol. The minimum absolute atomic E-state index is 0.0862. The summed E-state index contributed by atoms with van der Waals surface area (Å²) in [6.45, 7) is 1.87. The average Bonchev–Trinajstić information content (AvgIpc) is 2.93. The van der Waals surface area contributed by atoms with Crippen LogP contribution in [0.15, 0.2) is 45.4 Å². The second kappa shape index (κ2) is 6.09. The van der Waals surface area contributed by atoms with Crippen LogP contribution in [0.3, 0.4) is 0 Å². The lowest BCUT2D eigenvalue weighted by atomic mass is 10.1. The Morgan fingerprint density at radius 3 is 2.70 bits per heavy atom. The lowest BCUT2D eigenvalue weighted by molar-refractivity contribution is 0.583. The summed E-state index contributed by atoms with van der Waals surface area (Å²) in [6, 6.07) is 10.3. The molecule has 0 amide bonds. The van der Waals surface area contributed by atoms with Crippen LogP contribution in [0, 0.1) is 6.92 Å². The topological polar surface area (TPSA) is 79.0 Å². The Morgan fingerprint density at radius 1 is 1.22 bits per heavy atom. The third-order valence-electron chi connectivity index (χ3n) is 3.34. The Kier molecular flexibility index (Phi) is 4.29. The number of benzene rings is 1. The fourth-order valence-corrected chi connectivity index (χ4v) is 4.72. The van der Waals surface area contributed by atoms with Crippen LogP contribution in [0.5, 0.6) is 0 Å². The molecule has 0 aliphatic heterocycles. The molecule has 0 unspecified atom stereocenters. The maximum Gasteiger partial charge on any atom is 0.252 e. The number of rotatable bonds is 4. The normalized spacial score (nSPS) is 11.9. The lowest BCUT2D eigenvalue weighted by Gasteiger charge is -2.06. The Labute approximate surface area is 142 Å². The molecule has 0 fully saturated rings. The minimum atomic E-state index is -3.68. The molecular weight excluding hydrogens is 356 g/mol. The zero-order chi connectivity index (χ0) is 16.6. The van der Waals surface area contributed by atoms with Gasteiger partial charge in [0.2, 0.25) is 10.0 Å². The minimum Gasteiger partial charge on any atom is -0.322 e. The number of fused-ring (bicyclic) bond motifs is 1. The van der Waals surface area contributed by atoms with Gasteiger partial charge in [0.05, 0.1) is 4.34 Å². The van der Waals surface area contributed by atoms with E-state index < -0.39 is 10.0 Å². The molecule has 0 saturated carbocycles. The standard InChI is InChI=1S/C15H13ClN2O3S2/c1-9-2-3-12-10(6-9)7-11(15(19)18-12)8-17-23(20,21)14-5-4-13(16)22-14/h2-7,17H,8H2,1H3,(H,18,19). The van der Waals surface area contributed by atoms with E-state index in [1.54, 1.807) is 6.07 Å². The molecule has 1 aromatic carbocycles. The summed E-state index contributed by atoms with van der Waals surface area (Å²) in [6.07, 6.45) is 0. The molecule has 0 bridgehead atoms. The Balaban J connectivity index is 1.89. The molecule has 8 heteroatoms. The molecule has 0 saturated heterocycles. The van der Waals surface area contributed by atoms with Crippen molar-refractivity contribution < 1.29 is 8.42 Å². The number of pyridine rings is 1. The summed E-state index contributed by atoms with van der Waals surface area (Å²) in [7, 11) is -3.68. The number of halogens is 1. The van der Waals surface area contributed by atoms with Crippen LogP contribution < -0.4 is 10.3 Å². The quantitative estimate of drug-likeness (QED) is 0.742. The lowest BCUT2D eigenvalue weighted by Crippen LogP contribution is -2.26. The molecule has 0 aliphatic carbocycles. The molecule has 0 spiro atoms. The van der Waals surface area contributed by atoms with Gasteiger partial charge < -0.3 is 4.98 Å². The monoisotopic (exact) mass is 368 g/mol. The number of nitrogens with one attached hydrogen (secondary N) is 2. The number of sulfonamides is 1. The largest absolute Gasteiger partial charge is 0.322 e. The SMILES string of the molecule is Cc1ccc2[nH]c(=O)c(CNS(=O)(=O)c3ccc(Cl)s3)cc2c1. The predicted octanol–water partition coefficient (Wildman–Crippen LogP) is 3.03. The van der Waals surface area contributed by atoms with Crippen LogP contribution in [0.1, 0.15) is 11.1 Å². The molecule has 3 aromatic rings. The molecule has 0 aliphatic rings. The second-order valence-corrected chi connectivity index (χ2v) is 8.81.